The fourth-order valence-corrected chi connectivity index (χ4v) is 2.37. The molecular weight excluding hydrogens is 214 g/mol. The maximum absolute atomic E-state index is 5.75. The third-order valence-electron chi connectivity index (χ3n) is 3.65. The van der Waals surface area contributed by atoms with E-state index in [0.717, 1.165) is 37.3 Å². The van der Waals surface area contributed by atoms with E-state index in [9.17, 15) is 0 Å². The molecule has 1 aliphatic rings. The van der Waals surface area contributed by atoms with E-state index in [-0.39, 0.29) is 6.10 Å². The fourth-order valence-electron chi connectivity index (χ4n) is 2.37. The quantitative estimate of drug-likeness (QED) is 0.863. The molecule has 0 aliphatic heterocycles. The van der Waals surface area contributed by atoms with Gasteiger partial charge >= 0.3 is 0 Å². The maximum Gasteiger partial charge on any atom is 0.157 e. The van der Waals surface area contributed by atoms with Gasteiger partial charge in [0.25, 0.3) is 0 Å². The highest BCUT2D eigenvalue weighted by Crippen LogP contribution is 2.26. The van der Waals surface area contributed by atoms with Gasteiger partial charge in [0.2, 0.25) is 0 Å². The zero-order valence-corrected chi connectivity index (χ0v) is 10.9. The van der Waals surface area contributed by atoms with E-state index in [1.54, 1.807) is 7.11 Å². The van der Waals surface area contributed by atoms with Gasteiger partial charge in [-0.05, 0) is 51.1 Å². The van der Waals surface area contributed by atoms with E-state index in [4.69, 9.17) is 10.5 Å². The predicted molar refractivity (Wildman–Crippen MR) is 66.8 cm³/mol. The number of hydrogen-bond acceptors (Lipinski definition) is 4. The summed E-state index contributed by atoms with van der Waals surface area (Å²) in [6, 6.07) is 0. The highest BCUT2D eigenvalue weighted by Gasteiger charge is 2.22. The second-order valence-electron chi connectivity index (χ2n) is 4.81. The predicted octanol–water partition coefficient (Wildman–Crippen LogP) is 1.56. The van der Waals surface area contributed by atoms with Crippen molar-refractivity contribution >= 4 is 0 Å². The normalized spacial score (nSPS) is 21.1. The van der Waals surface area contributed by atoms with E-state index in [1.165, 1.54) is 11.3 Å². The van der Waals surface area contributed by atoms with Gasteiger partial charge in [0.1, 0.15) is 6.10 Å². The van der Waals surface area contributed by atoms with Crippen LogP contribution >= 0.6 is 0 Å². The topological polar surface area (TPSA) is 61.0 Å². The number of ether oxygens (including phenoxy) is 1. The molecule has 0 fully saturated rings. The van der Waals surface area contributed by atoms with Crippen LogP contribution in [0.1, 0.15) is 42.2 Å². The summed E-state index contributed by atoms with van der Waals surface area (Å²) in [6.45, 7) is 4.80. The highest BCUT2D eigenvalue weighted by molar-refractivity contribution is 5.28. The molecule has 0 saturated heterocycles. The number of methoxy groups -OCH3 is 1. The third-order valence-corrected chi connectivity index (χ3v) is 3.65. The summed E-state index contributed by atoms with van der Waals surface area (Å²) in [7, 11) is 1.69. The van der Waals surface area contributed by atoms with Gasteiger partial charge < -0.3 is 10.5 Å². The number of aryl methyl sites for hydroxylation is 2. The van der Waals surface area contributed by atoms with Crippen molar-refractivity contribution in [3.05, 3.63) is 22.8 Å². The number of hydrogen-bond donors (Lipinski definition) is 1. The second kappa shape index (κ2) is 5.10. The number of rotatable bonds is 3. The van der Waals surface area contributed by atoms with E-state index in [2.05, 4.69) is 16.9 Å². The van der Waals surface area contributed by atoms with Crippen LogP contribution in [-0.4, -0.2) is 23.6 Å². The van der Waals surface area contributed by atoms with Gasteiger partial charge in [-0.2, -0.15) is 0 Å². The molecule has 2 rings (SSSR count). The Morgan fingerprint density at radius 2 is 2.24 bits per heavy atom. The number of nitrogens with zero attached hydrogens (tertiary/aromatic N) is 2. The van der Waals surface area contributed by atoms with E-state index < -0.39 is 0 Å². The van der Waals surface area contributed by atoms with Gasteiger partial charge in [-0.15, -0.1) is 0 Å². The Bertz CT molecular complexity index is 406. The molecule has 2 unspecified atom stereocenters. The van der Waals surface area contributed by atoms with Crippen LogP contribution in [0, 0.1) is 12.8 Å². The van der Waals surface area contributed by atoms with Crippen molar-refractivity contribution in [1.82, 2.24) is 9.97 Å². The van der Waals surface area contributed by atoms with Crippen LogP contribution in [0.3, 0.4) is 0 Å². The Labute approximate surface area is 103 Å². The first kappa shape index (κ1) is 12.5. The van der Waals surface area contributed by atoms with Crippen molar-refractivity contribution in [2.75, 3.05) is 13.7 Å². The van der Waals surface area contributed by atoms with Crippen LogP contribution in [0.25, 0.3) is 0 Å². The molecule has 0 bridgehead atoms. The van der Waals surface area contributed by atoms with Crippen molar-refractivity contribution in [2.45, 2.75) is 39.2 Å². The summed E-state index contributed by atoms with van der Waals surface area (Å²) in [6.07, 6.45) is 3.15. The minimum absolute atomic E-state index is 0.0359. The first-order chi connectivity index (χ1) is 8.15. The molecule has 17 heavy (non-hydrogen) atoms. The summed E-state index contributed by atoms with van der Waals surface area (Å²) >= 11 is 0. The average molecular weight is 235 g/mol. The van der Waals surface area contributed by atoms with Gasteiger partial charge in [-0.1, -0.05) is 0 Å². The largest absolute Gasteiger partial charge is 0.374 e. The zero-order valence-electron chi connectivity index (χ0n) is 10.9. The Balaban J connectivity index is 2.33. The Morgan fingerprint density at radius 1 is 1.47 bits per heavy atom. The fraction of sp³-hybridized carbons (Fsp3) is 0.692. The molecule has 0 saturated carbocycles. The van der Waals surface area contributed by atoms with Crippen LogP contribution in [0.4, 0.5) is 0 Å². The zero-order chi connectivity index (χ0) is 12.4. The van der Waals surface area contributed by atoms with Gasteiger partial charge in [-0.3, -0.25) is 0 Å². The molecule has 2 atom stereocenters. The molecule has 2 N–H and O–H groups in total. The Hall–Kier alpha value is -1.00. The number of nitrogens with two attached hydrogens (primary N) is 1. The highest BCUT2D eigenvalue weighted by atomic mass is 16.5. The average Bonchev–Trinajstić information content (AvgIpc) is 2.37. The standard InChI is InChI=1S/C13H21N3O/c1-8-11-6-10(7-14)4-5-12(11)16-13(15-8)9(2)17-3/h9-10H,4-7,14H2,1-3H3. The molecule has 1 aliphatic carbocycles. The van der Waals surface area contributed by atoms with E-state index in [1.807, 2.05) is 6.92 Å². The third kappa shape index (κ3) is 2.48. The Morgan fingerprint density at radius 3 is 2.88 bits per heavy atom. The molecule has 0 aromatic carbocycles. The lowest BCUT2D eigenvalue weighted by Crippen LogP contribution is -2.25. The summed E-state index contributed by atoms with van der Waals surface area (Å²) < 4.78 is 5.28. The lowest BCUT2D eigenvalue weighted by Gasteiger charge is -2.24. The molecule has 4 nitrogen and oxygen atoms in total. The molecule has 1 heterocycles. The monoisotopic (exact) mass is 235 g/mol. The summed E-state index contributed by atoms with van der Waals surface area (Å²) in [4.78, 5) is 9.19. The molecular formula is C13H21N3O. The molecule has 0 radical (unpaired) electrons. The number of fused-ring (bicyclic) bond motifs is 1. The summed E-state index contributed by atoms with van der Waals surface area (Å²) in [5.41, 5.74) is 9.34. The van der Waals surface area contributed by atoms with Crippen molar-refractivity contribution in [3.63, 3.8) is 0 Å². The Kier molecular flexibility index (Phi) is 3.74. The van der Waals surface area contributed by atoms with Crippen molar-refractivity contribution < 1.29 is 4.74 Å². The van der Waals surface area contributed by atoms with Gasteiger partial charge in [0, 0.05) is 18.5 Å². The first-order valence-corrected chi connectivity index (χ1v) is 6.24. The van der Waals surface area contributed by atoms with E-state index >= 15 is 0 Å². The minimum Gasteiger partial charge on any atom is -0.374 e. The SMILES string of the molecule is COC(C)c1nc(C)c2c(n1)CCC(CN)C2. The van der Waals surface area contributed by atoms with Crippen molar-refractivity contribution in [3.8, 4) is 0 Å². The van der Waals surface area contributed by atoms with Crippen molar-refractivity contribution in [2.24, 2.45) is 11.7 Å². The first-order valence-electron chi connectivity index (χ1n) is 6.24. The molecule has 4 heteroatoms. The van der Waals surface area contributed by atoms with Crippen LogP contribution in [0.2, 0.25) is 0 Å². The van der Waals surface area contributed by atoms with Gasteiger partial charge in [-0.25, -0.2) is 9.97 Å². The molecule has 1 aromatic rings. The molecule has 94 valence electrons. The number of aromatic nitrogens is 2. The summed E-state index contributed by atoms with van der Waals surface area (Å²) in [5.74, 6) is 1.39. The van der Waals surface area contributed by atoms with Gasteiger partial charge in [0.05, 0.1) is 0 Å². The second-order valence-corrected chi connectivity index (χ2v) is 4.81. The van der Waals surface area contributed by atoms with Crippen LogP contribution in [0.15, 0.2) is 0 Å². The molecule has 1 aromatic heterocycles. The van der Waals surface area contributed by atoms with Crippen LogP contribution < -0.4 is 5.73 Å². The lowest BCUT2D eigenvalue weighted by molar-refractivity contribution is 0.111. The lowest BCUT2D eigenvalue weighted by atomic mass is 9.86. The van der Waals surface area contributed by atoms with Crippen LogP contribution in [-0.2, 0) is 17.6 Å². The summed E-state index contributed by atoms with van der Waals surface area (Å²) in [5, 5.41) is 0. The molecule has 0 amide bonds. The molecule has 0 spiro atoms. The van der Waals surface area contributed by atoms with Crippen molar-refractivity contribution in [1.29, 1.82) is 0 Å². The van der Waals surface area contributed by atoms with E-state index in [0.29, 0.717) is 5.92 Å². The smallest absolute Gasteiger partial charge is 0.157 e. The maximum atomic E-state index is 5.75. The van der Waals surface area contributed by atoms with Gasteiger partial charge in [0.15, 0.2) is 5.82 Å². The van der Waals surface area contributed by atoms with Crippen LogP contribution in [0.5, 0.6) is 0 Å². The minimum atomic E-state index is -0.0359.